The maximum atomic E-state index is 12.2. The fourth-order valence-electron chi connectivity index (χ4n) is 2.77. The maximum absolute atomic E-state index is 12.2. The third-order valence-corrected chi connectivity index (χ3v) is 4.13. The highest BCUT2D eigenvalue weighted by Gasteiger charge is 2.18. The van der Waals surface area contributed by atoms with Gasteiger partial charge in [-0.25, -0.2) is 0 Å². The molecule has 0 fully saturated rings. The molecule has 0 unspecified atom stereocenters. The number of nitrogens with one attached hydrogen (secondary N) is 2. The number of hydrogen-bond donors (Lipinski definition) is 2. The summed E-state index contributed by atoms with van der Waals surface area (Å²) in [7, 11) is 0. The molecular weight excluding hydrogens is 332 g/mol. The van der Waals surface area contributed by atoms with E-state index in [0.717, 1.165) is 5.56 Å². The Morgan fingerprint density at radius 3 is 2.27 bits per heavy atom. The Bertz CT molecular complexity index is 808. The van der Waals surface area contributed by atoms with Crippen LogP contribution in [0.15, 0.2) is 28.7 Å². The van der Waals surface area contributed by atoms with Crippen molar-refractivity contribution in [2.75, 3.05) is 0 Å². The molecule has 2 amide bonds. The van der Waals surface area contributed by atoms with Crippen LogP contribution in [0.4, 0.5) is 0 Å². The van der Waals surface area contributed by atoms with Crippen LogP contribution in [-0.2, 0) is 4.79 Å². The molecule has 1 atom stereocenters. The van der Waals surface area contributed by atoms with Crippen molar-refractivity contribution in [3.63, 3.8) is 0 Å². The lowest BCUT2D eigenvalue weighted by Gasteiger charge is -2.17. The topological polar surface area (TPSA) is 80.6 Å². The smallest absolute Gasteiger partial charge is 0.279 e. The van der Waals surface area contributed by atoms with Crippen LogP contribution in [0.2, 0.25) is 0 Å². The van der Waals surface area contributed by atoms with E-state index in [9.17, 15) is 9.59 Å². The number of carbonyl (C=O) groups is 2. The molecular formula is C20H26N2O4. The molecule has 0 aliphatic carbocycles. The number of hydrogen-bond acceptors (Lipinski definition) is 4. The monoisotopic (exact) mass is 358 g/mol. The van der Waals surface area contributed by atoms with Crippen molar-refractivity contribution in [2.24, 2.45) is 0 Å². The second kappa shape index (κ2) is 8.08. The molecule has 1 heterocycles. The predicted molar refractivity (Wildman–Crippen MR) is 99.1 cm³/mol. The fourth-order valence-corrected chi connectivity index (χ4v) is 2.77. The van der Waals surface area contributed by atoms with Crippen LogP contribution in [0, 0.1) is 20.8 Å². The van der Waals surface area contributed by atoms with Crippen LogP contribution in [-0.4, -0.2) is 17.9 Å². The Kier molecular flexibility index (Phi) is 6.08. The molecule has 1 aromatic carbocycles. The molecule has 1 aromatic heterocycles. The molecule has 0 aliphatic rings. The molecule has 2 aromatic rings. The van der Waals surface area contributed by atoms with Crippen molar-refractivity contribution in [3.8, 4) is 5.75 Å². The lowest BCUT2D eigenvalue weighted by molar-refractivity contribution is -0.128. The first-order chi connectivity index (χ1) is 12.2. The highest BCUT2D eigenvalue weighted by atomic mass is 16.5. The molecule has 0 spiro atoms. The Balaban J connectivity index is 1.92. The Morgan fingerprint density at radius 2 is 1.73 bits per heavy atom. The van der Waals surface area contributed by atoms with Crippen LogP contribution in [0.1, 0.15) is 59.7 Å². The first kappa shape index (κ1) is 19.6. The third-order valence-electron chi connectivity index (χ3n) is 4.13. The van der Waals surface area contributed by atoms with Gasteiger partial charge in [-0.2, -0.15) is 0 Å². The maximum Gasteiger partial charge on any atom is 0.279 e. The van der Waals surface area contributed by atoms with E-state index in [4.69, 9.17) is 9.15 Å². The van der Waals surface area contributed by atoms with Gasteiger partial charge in [0.2, 0.25) is 0 Å². The van der Waals surface area contributed by atoms with E-state index >= 15 is 0 Å². The standard InChI is InChI=1S/C20H26N2O4/c1-11(2)17-8-7-16(9-12(17)3)26-15(6)19(23)21-22-20(24)18-10-13(4)25-14(18)5/h7-11,15H,1-6H3,(H,21,23)(H,22,24)/t15-/m1/s1. The third kappa shape index (κ3) is 4.65. The number of carbonyl (C=O) groups excluding carboxylic acids is 2. The van der Waals surface area contributed by atoms with Gasteiger partial charge >= 0.3 is 0 Å². The van der Waals surface area contributed by atoms with Gasteiger partial charge in [0.05, 0.1) is 5.56 Å². The minimum atomic E-state index is -0.758. The zero-order valence-corrected chi connectivity index (χ0v) is 16.1. The van der Waals surface area contributed by atoms with Crippen LogP contribution >= 0.6 is 0 Å². The van der Waals surface area contributed by atoms with Gasteiger partial charge in [0, 0.05) is 0 Å². The van der Waals surface area contributed by atoms with Crippen molar-refractivity contribution >= 4 is 11.8 Å². The van der Waals surface area contributed by atoms with Gasteiger partial charge in [0.25, 0.3) is 11.8 Å². The van der Waals surface area contributed by atoms with Crippen LogP contribution in [0.5, 0.6) is 5.75 Å². The normalized spacial score (nSPS) is 12.0. The van der Waals surface area contributed by atoms with E-state index in [1.165, 1.54) is 5.56 Å². The number of aryl methyl sites for hydroxylation is 3. The van der Waals surface area contributed by atoms with E-state index in [1.807, 2.05) is 25.1 Å². The summed E-state index contributed by atoms with van der Waals surface area (Å²) < 4.78 is 11.0. The molecule has 2 N–H and O–H groups in total. The van der Waals surface area contributed by atoms with E-state index < -0.39 is 17.9 Å². The summed E-state index contributed by atoms with van der Waals surface area (Å²) in [6, 6.07) is 7.39. The molecule has 6 heteroatoms. The molecule has 0 saturated heterocycles. The van der Waals surface area contributed by atoms with Crippen LogP contribution < -0.4 is 15.6 Å². The summed E-state index contributed by atoms with van der Waals surface area (Å²) in [5.74, 6) is 1.30. The molecule has 2 rings (SSSR count). The van der Waals surface area contributed by atoms with E-state index in [0.29, 0.717) is 28.8 Å². The van der Waals surface area contributed by atoms with E-state index in [1.54, 1.807) is 26.8 Å². The van der Waals surface area contributed by atoms with Crippen molar-refractivity contribution < 1.29 is 18.7 Å². The van der Waals surface area contributed by atoms with Crippen LogP contribution in [0.25, 0.3) is 0 Å². The quantitative estimate of drug-likeness (QED) is 0.801. The van der Waals surface area contributed by atoms with Crippen molar-refractivity contribution in [1.82, 2.24) is 10.9 Å². The number of benzene rings is 1. The number of amides is 2. The number of hydrazine groups is 1. The zero-order valence-electron chi connectivity index (χ0n) is 16.1. The second-order valence-electron chi connectivity index (χ2n) is 6.70. The molecule has 26 heavy (non-hydrogen) atoms. The van der Waals surface area contributed by atoms with Gasteiger partial charge in [-0.1, -0.05) is 19.9 Å². The average molecular weight is 358 g/mol. The van der Waals surface area contributed by atoms with Gasteiger partial charge < -0.3 is 9.15 Å². The lowest BCUT2D eigenvalue weighted by atomic mass is 9.98. The average Bonchev–Trinajstić information content (AvgIpc) is 2.90. The molecule has 6 nitrogen and oxygen atoms in total. The SMILES string of the molecule is Cc1cc(C(=O)NNC(=O)[C@@H](C)Oc2ccc(C(C)C)c(C)c2)c(C)o1. The van der Waals surface area contributed by atoms with Gasteiger partial charge in [0.1, 0.15) is 17.3 Å². The molecule has 0 aliphatic heterocycles. The second-order valence-corrected chi connectivity index (χ2v) is 6.70. The Labute approximate surface area is 153 Å². The van der Waals surface area contributed by atoms with Crippen LogP contribution in [0.3, 0.4) is 0 Å². The summed E-state index contributed by atoms with van der Waals surface area (Å²) in [5.41, 5.74) is 7.50. The van der Waals surface area contributed by atoms with Gasteiger partial charge in [-0.05, 0) is 62.9 Å². The minimum Gasteiger partial charge on any atom is -0.481 e. The molecule has 140 valence electrons. The van der Waals surface area contributed by atoms with Gasteiger partial charge in [-0.3, -0.25) is 20.4 Å². The summed E-state index contributed by atoms with van der Waals surface area (Å²) in [4.78, 5) is 24.2. The Hall–Kier alpha value is -2.76. The number of furan rings is 1. The fraction of sp³-hybridized carbons (Fsp3) is 0.400. The van der Waals surface area contributed by atoms with Crippen molar-refractivity contribution in [2.45, 2.75) is 53.6 Å². The first-order valence-electron chi connectivity index (χ1n) is 8.63. The van der Waals surface area contributed by atoms with Gasteiger partial charge in [0.15, 0.2) is 6.10 Å². The number of rotatable bonds is 5. The lowest BCUT2D eigenvalue weighted by Crippen LogP contribution is -2.47. The minimum absolute atomic E-state index is 0.385. The highest BCUT2D eigenvalue weighted by molar-refractivity contribution is 5.96. The summed E-state index contributed by atoms with van der Waals surface area (Å²) in [6.07, 6.45) is -0.758. The molecule has 0 bridgehead atoms. The van der Waals surface area contributed by atoms with Gasteiger partial charge in [-0.15, -0.1) is 0 Å². The highest BCUT2D eigenvalue weighted by Crippen LogP contribution is 2.24. The zero-order chi connectivity index (χ0) is 19.4. The van der Waals surface area contributed by atoms with E-state index in [2.05, 4.69) is 24.7 Å². The summed E-state index contributed by atoms with van der Waals surface area (Å²) in [6.45, 7) is 11.3. The molecule has 0 saturated carbocycles. The van der Waals surface area contributed by atoms with E-state index in [-0.39, 0.29) is 0 Å². The summed E-state index contributed by atoms with van der Waals surface area (Å²) in [5, 5.41) is 0. The molecule has 0 radical (unpaired) electrons. The Morgan fingerprint density at radius 1 is 1.04 bits per heavy atom. The largest absolute Gasteiger partial charge is 0.481 e. The predicted octanol–water partition coefficient (Wildman–Crippen LogP) is 3.56. The van der Waals surface area contributed by atoms with Crippen molar-refractivity contribution in [3.05, 3.63) is 52.5 Å². The first-order valence-corrected chi connectivity index (χ1v) is 8.63. The number of ether oxygens (including phenoxy) is 1. The van der Waals surface area contributed by atoms with Crippen molar-refractivity contribution in [1.29, 1.82) is 0 Å². The summed E-state index contributed by atoms with van der Waals surface area (Å²) >= 11 is 0.